The lowest BCUT2D eigenvalue weighted by Gasteiger charge is -2.46. The summed E-state index contributed by atoms with van der Waals surface area (Å²) in [6.45, 7) is 4.11. The molecule has 1 fully saturated rings. The van der Waals surface area contributed by atoms with E-state index in [-0.39, 0.29) is 47.5 Å². The summed E-state index contributed by atoms with van der Waals surface area (Å²) in [4.78, 5) is 49.5. The number of nitrogens with two attached hydrogens (primary N) is 1. The van der Waals surface area contributed by atoms with Crippen molar-refractivity contribution >= 4 is 23.3 Å². The van der Waals surface area contributed by atoms with Crippen LogP contribution < -0.4 is 5.73 Å². The number of carbonyl (C=O) groups excluding carboxylic acids is 4. The van der Waals surface area contributed by atoms with Crippen LogP contribution in [-0.4, -0.2) is 49.3 Å². The van der Waals surface area contributed by atoms with Gasteiger partial charge in [-0.3, -0.25) is 19.2 Å². The third-order valence-corrected chi connectivity index (χ3v) is 6.30. The van der Waals surface area contributed by atoms with Crippen LogP contribution in [0.25, 0.3) is 0 Å². The molecule has 3 rings (SSSR count). The topological polar surface area (TPSA) is 175 Å². The first-order chi connectivity index (χ1) is 13.8. The van der Waals surface area contributed by atoms with Crippen molar-refractivity contribution in [2.75, 3.05) is 0 Å². The lowest BCUT2D eigenvalue weighted by atomic mass is 9.59. The average Bonchev–Trinajstić information content (AvgIpc) is 2.62. The first kappa shape index (κ1) is 21.5. The highest BCUT2D eigenvalue weighted by molar-refractivity contribution is 6.24. The van der Waals surface area contributed by atoms with Gasteiger partial charge >= 0.3 is 0 Å². The summed E-state index contributed by atoms with van der Waals surface area (Å²) < 4.78 is 0. The number of hydrogen-bond acceptors (Lipinski definition) is 8. The molecule has 1 saturated carbocycles. The van der Waals surface area contributed by atoms with Crippen LogP contribution in [0.3, 0.4) is 0 Å². The van der Waals surface area contributed by atoms with Gasteiger partial charge in [-0.1, -0.05) is 0 Å². The van der Waals surface area contributed by atoms with Crippen LogP contribution in [0.2, 0.25) is 0 Å². The van der Waals surface area contributed by atoms with Crippen molar-refractivity contribution in [3.05, 3.63) is 45.1 Å². The fourth-order valence-electron chi connectivity index (χ4n) is 4.69. The molecule has 3 aliphatic rings. The minimum atomic E-state index is -2.59. The second-order valence-corrected chi connectivity index (χ2v) is 8.03. The van der Waals surface area contributed by atoms with E-state index in [1.54, 1.807) is 0 Å². The number of carbonyl (C=O) groups is 4. The van der Waals surface area contributed by atoms with E-state index in [9.17, 15) is 39.6 Å². The van der Waals surface area contributed by atoms with Gasteiger partial charge < -0.3 is 26.2 Å². The number of hydrogen-bond donors (Lipinski definition) is 5. The van der Waals surface area contributed by atoms with Crippen molar-refractivity contribution < 1.29 is 39.6 Å². The molecule has 0 aromatic rings. The number of aliphatic hydroxyl groups excluding tert-OH is 3. The number of rotatable bonds is 2. The molecule has 3 aliphatic carbocycles. The van der Waals surface area contributed by atoms with E-state index in [2.05, 4.69) is 0 Å². The molecule has 0 spiro atoms. The third kappa shape index (κ3) is 2.80. The molecule has 0 aromatic carbocycles. The molecule has 160 valence electrons. The van der Waals surface area contributed by atoms with E-state index in [1.165, 1.54) is 20.8 Å². The van der Waals surface area contributed by atoms with E-state index in [0.29, 0.717) is 5.57 Å². The van der Waals surface area contributed by atoms with Gasteiger partial charge in [-0.15, -0.1) is 0 Å². The van der Waals surface area contributed by atoms with Crippen LogP contribution in [-0.2, 0) is 19.2 Å². The van der Waals surface area contributed by atoms with Crippen LogP contribution >= 0.6 is 0 Å². The Labute approximate surface area is 171 Å². The second kappa shape index (κ2) is 6.94. The van der Waals surface area contributed by atoms with E-state index in [4.69, 9.17) is 5.73 Å². The standard InChI is InChI=1S/C21H23NO8/c1-7(8(2)23)12-5-10-4-11-6-13(25)16(20(22)29)19(28)21(11,30)18(27)15(10)17(26)14(12)9(3)24/h10-11,24-25,27,30H,4-6H2,1-3H3,(H2,22,29)/b12-7+,14-9-/t10-,11+,21+/m1/s1. The zero-order valence-corrected chi connectivity index (χ0v) is 16.8. The first-order valence-corrected chi connectivity index (χ1v) is 9.42. The maximum absolute atomic E-state index is 13.2. The van der Waals surface area contributed by atoms with Gasteiger partial charge in [0.2, 0.25) is 5.78 Å². The van der Waals surface area contributed by atoms with Gasteiger partial charge in [0.25, 0.3) is 5.91 Å². The molecule has 0 radical (unpaired) electrons. The van der Waals surface area contributed by atoms with Crippen molar-refractivity contribution in [2.45, 2.75) is 45.6 Å². The quantitative estimate of drug-likeness (QED) is 0.252. The summed E-state index contributed by atoms with van der Waals surface area (Å²) in [5.41, 5.74) is 1.93. The molecule has 0 bridgehead atoms. The van der Waals surface area contributed by atoms with Gasteiger partial charge in [-0.2, -0.15) is 0 Å². The zero-order chi connectivity index (χ0) is 22.7. The Morgan fingerprint density at radius 2 is 1.70 bits per heavy atom. The van der Waals surface area contributed by atoms with Crippen molar-refractivity contribution in [3.8, 4) is 0 Å². The minimum Gasteiger partial charge on any atom is -0.512 e. The molecule has 30 heavy (non-hydrogen) atoms. The maximum Gasteiger partial charge on any atom is 0.255 e. The lowest BCUT2D eigenvalue weighted by Crippen LogP contribution is -2.57. The van der Waals surface area contributed by atoms with Gasteiger partial charge in [-0.25, -0.2) is 0 Å². The molecule has 9 nitrogen and oxygen atoms in total. The van der Waals surface area contributed by atoms with Crippen molar-refractivity contribution in [2.24, 2.45) is 17.6 Å². The number of allylic oxidation sites excluding steroid dienone is 6. The molecule has 0 unspecified atom stereocenters. The number of aliphatic hydroxyl groups is 4. The van der Waals surface area contributed by atoms with Crippen molar-refractivity contribution in [3.63, 3.8) is 0 Å². The fraction of sp³-hybridized carbons (Fsp3) is 0.429. The fourth-order valence-corrected chi connectivity index (χ4v) is 4.69. The largest absolute Gasteiger partial charge is 0.512 e. The lowest BCUT2D eigenvalue weighted by molar-refractivity contribution is -0.144. The highest BCUT2D eigenvalue weighted by Gasteiger charge is 2.59. The Morgan fingerprint density at radius 1 is 1.10 bits per heavy atom. The smallest absolute Gasteiger partial charge is 0.255 e. The molecule has 1 amide bonds. The predicted molar refractivity (Wildman–Crippen MR) is 103 cm³/mol. The van der Waals surface area contributed by atoms with Crippen LogP contribution in [0.1, 0.15) is 40.0 Å². The Bertz CT molecular complexity index is 1040. The van der Waals surface area contributed by atoms with E-state index < -0.39 is 52.0 Å². The summed E-state index contributed by atoms with van der Waals surface area (Å²) in [5, 5.41) is 42.2. The Hall–Kier alpha value is -3.20. The summed E-state index contributed by atoms with van der Waals surface area (Å²) >= 11 is 0. The van der Waals surface area contributed by atoms with Gasteiger partial charge in [0, 0.05) is 17.9 Å². The minimum absolute atomic E-state index is 0.0237. The van der Waals surface area contributed by atoms with Crippen LogP contribution in [0.15, 0.2) is 45.1 Å². The Balaban J connectivity index is 2.25. The number of primary amides is 1. The van der Waals surface area contributed by atoms with E-state index in [1.807, 2.05) is 0 Å². The van der Waals surface area contributed by atoms with Gasteiger partial charge in [0.1, 0.15) is 22.9 Å². The maximum atomic E-state index is 13.2. The summed E-state index contributed by atoms with van der Waals surface area (Å²) in [6.07, 6.45) is -0.164. The van der Waals surface area contributed by atoms with E-state index >= 15 is 0 Å². The number of Topliss-reactive ketones (excluding diaryl/α,β-unsaturated/α-hetero) is 3. The predicted octanol–water partition coefficient (Wildman–Crippen LogP) is 1.15. The SMILES string of the molecule is CC(=O)/C(C)=C1\C[C@H]2C[C@H]3CC(O)=C(C(N)=O)C(=O)[C@@]3(O)C(O)=C2C(=O)\C1=C(\C)O. The van der Waals surface area contributed by atoms with Crippen LogP contribution in [0.4, 0.5) is 0 Å². The summed E-state index contributed by atoms with van der Waals surface area (Å²) in [5.74, 6) is -7.15. The molecule has 0 heterocycles. The Kier molecular flexibility index (Phi) is 4.98. The Morgan fingerprint density at radius 3 is 2.20 bits per heavy atom. The van der Waals surface area contributed by atoms with Crippen LogP contribution in [0, 0.1) is 11.8 Å². The number of fused-ring (bicyclic) bond motifs is 2. The molecular formula is C21H23NO8. The van der Waals surface area contributed by atoms with Gasteiger partial charge in [0.05, 0.1) is 5.57 Å². The van der Waals surface area contributed by atoms with Gasteiger partial charge in [0.15, 0.2) is 17.2 Å². The zero-order valence-electron chi connectivity index (χ0n) is 16.8. The first-order valence-electron chi connectivity index (χ1n) is 9.42. The average molecular weight is 417 g/mol. The second-order valence-electron chi connectivity index (χ2n) is 8.03. The normalized spacial score (nSPS) is 32.5. The molecule has 3 atom stereocenters. The number of ketones is 3. The van der Waals surface area contributed by atoms with Crippen molar-refractivity contribution in [1.29, 1.82) is 0 Å². The highest BCUT2D eigenvalue weighted by Crippen LogP contribution is 2.52. The van der Waals surface area contributed by atoms with E-state index in [0.717, 1.165) is 0 Å². The van der Waals surface area contributed by atoms with Crippen molar-refractivity contribution in [1.82, 2.24) is 0 Å². The molecular weight excluding hydrogens is 394 g/mol. The van der Waals surface area contributed by atoms with Crippen LogP contribution in [0.5, 0.6) is 0 Å². The molecule has 6 N–H and O–H groups in total. The summed E-state index contributed by atoms with van der Waals surface area (Å²) in [6, 6.07) is 0. The number of amides is 1. The monoisotopic (exact) mass is 417 g/mol. The third-order valence-electron chi connectivity index (χ3n) is 6.30. The molecule has 9 heteroatoms. The molecule has 0 aliphatic heterocycles. The molecule has 0 aromatic heterocycles. The van der Waals surface area contributed by atoms with Gasteiger partial charge in [-0.05, 0) is 50.7 Å². The molecule has 0 saturated heterocycles. The highest BCUT2D eigenvalue weighted by atomic mass is 16.3. The summed E-state index contributed by atoms with van der Waals surface area (Å²) in [7, 11) is 0.